The molecule has 3 aromatic carbocycles. The van der Waals surface area contributed by atoms with Crippen molar-refractivity contribution in [3.8, 4) is 17.2 Å². The van der Waals surface area contributed by atoms with Crippen molar-refractivity contribution in [1.29, 1.82) is 0 Å². The molecule has 0 aliphatic carbocycles. The number of rotatable bonds is 13. The fourth-order valence-electron chi connectivity index (χ4n) is 3.34. The molecule has 3 aromatic rings. The fraction of sp³-hybridized carbons (Fsp3) is 0.308. The third-order valence-corrected chi connectivity index (χ3v) is 7.49. The Kier molecular flexibility index (Phi) is 8.85. The van der Waals surface area contributed by atoms with Crippen molar-refractivity contribution in [2.75, 3.05) is 0 Å². The molecule has 0 unspecified atom stereocenters. The summed E-state index contributed by atoms with van der Waals surface area (Å²) < 4.78 is 19.6. The lowest BCUT2D eigenvalue weighted by atomic mass is 10.1. The molecule has 0 fully saturated rings. The van der Waals surface area contributed by atoms with Crippen LogP contribution in [0.2, 0.25) is 6.04 Å². The molecule has 0 heterocycles. The van der Waals surface area contributed by atoms with Crippen LogP contribution in [0.25, 0.3) is 0 Å². The summed E-state index contributed by atoms with van der Waals surface area (Å²) >= 11 is 0. The third kappa shape index (κ3) is 7.27. The maximum absolute atomic E-state index is 6.53. The largest absolute Gasteiger partial charge is 0.699 e. The Labute approximate surface area is 182 Å². The minimum atomic E-state index is -3.09. The first-order valence-corrected chi connectivity index (χ1v) is 12.9. The van der Waals surface area contributed by atoms with Gasteiger partial charge in [-0.2, -0.15) is 0 Å². The fourth-order valence-corrected chi connectivity index (χ4v) is 5.94. The van der Waals surface area contributed by atoms with Crippen LogP contribution in [0.15, 0.2) is 91.0 Å². The van der Waals surface area contributed by atoms with Crippen molar-refractivity contribution < 1.29 is 13.3 Å². The summed E-state index contributed by atoms with van der Waals surface area (Å²) in [5.74, 6) is 2.34. The number of benzene rings is 3. The molecule has 0 saturated heterocycles. The van der Waals surface area contributed by atoms with Gasteiger partial charge in [0.2, 0.25) is 0 Å². The van der Waals surface area contributed by atoms with Crippen LogP contribution in [-0.2, 0) is 0 Å². The van der Waals surface area contributed by atoms with Gasteiger partial charge in [0, 0.05) is 0 Å². The number of unbranched alkanes of at least 4 members (excludes halogenated alkanes) is 5. The lowest BCUT2D eigenvalue weighted by Gasteiger charge is -2.30. The predicted molar refractivity (Wildman–Crippen MR) is 125 cm³/mol. The minimum absolute atomic E-state index is 0.762. The van der Waals surface area contributed by atoms with E-state index in [1.165, 1.54) is 25.7 Å². The molecule has 0 radical (unpaired) electrons. The Bertz CT molecular complexity index is 723. The van der Waals surface area contributed by atoms with Gasteiger partial charge in [-0.1, -0.05) is 93.6 Å². The second-order valence-electron chi connectivity index (χ2n) is 7.45. The summed E-state index contributed by atoms with van der Waals surface area (Å²) in [5.41, 5.74) is 0. The van der Waals surface area contributed by atoms with Crippen molar-refractivity contribution in [2.45, 2.75) is 51.5 Å². The van der Waals surface area contributed by atoms with Crippen molar-refractivity contribution in [3.63, 3.8) is 0 Å². The summed E-state index contributed by atoms with van der Waals surface area (Å²) in [6.45, 7) is 2.24. The van der Waals surface area contributed by atoms with Gasteiger partial charge in [0.1, 0.15) is 17.2 Å². The van der Waals surface area contributed by atoms with E-state index < -0.39 is 8.80 Å². The molecule has 0 amide bonds. The zero-order valence-electron chi connectivity index (χ0n) is 17.8. The van der Waals surface area contributed by atoms with Crippen LogP contribution in [0.3, 0.4) is 0 Å². The van der Waals surface area contributed by atoms with Gasteiger partial charge in [-0.3, -0.25) is 0 Å². The SMILES string of the molecule is CCCCCCCC[Si](Oc1ccccc1)(Oc1ccccc1)Oc1ccccc1. The Morgan fingerprint density at radius 1 is 0.500 bits per heavy atom. The summed E-state index contributed by atoms with van der Waals surface area (Å²) in [4.78, 5) is 0. The summed E-state index contributed by atoms with van der Waals surface area (Å²) in [7, 11) is -3.09. The smallest absolute Gasteiger partial charge is 0.483 e. The van der Waals surface area contributed by atoms with Gasteiger partial charge in [0.25, 0.3) is 0 Å². The molecular weight excluding hydrogens is 388 g/mol. The van der Waals surface area contributed by atoms with Gasteiger partial charge in [-0.15, -0.1) is 0 Å². The second kappa shape index (κ2) is 12.1. The van der Waals surface area contributed by atoms with E-state index in [1.807, 2.05) is 91.0 Å². The van der Waals surface area contributed by atoms with E-state index in [2.05, 4.69) is 6.92 Å². The Balaban J connectivity index is 1.82. The molecule has 0 N–H and O–H groups in total. The van der Waals surface area contributed by atoms with E-state index in [0.29, 0.717) is 0 Å². The van der Waals surface area contributed by atoms with E-state index in [-0.39, 0.29) is 0 Å². The maximum atomic E-state index is 6.53. The molecule has 30 heavy (non-hydrogen) atoms. The van der Waals surface area contributed by atoms with Crippen LogP contribution in [0.1, 0.15) is 45.4 Å². The second-order valence-corrected chi connectivity index (χ2v) is 9.92. The molecule has 0 aliphatic heterocycles. The average Bonchev–Trinajstić information content (AvgIpc) is 2.78. The van der Waals surface area contributed by atoms with E-state index >= 15 is 0 Å². The highest BCUT2D eigenvalue weighted by Gasteiger charge is 2.48. The van der Waals surface area contributed by atoms with Crippen LogP contribution < -0.4 is 13.3 Å². The maximum Gasteiger partial charge on any atom is 0.699 e. The molecule has 0 saturated carbocycles. The number of para-hydroxylation sites is 3. The number of hydrogen-bond acceptors (Lipinski definition) is 3. The molecule has 3 rings (SSSR count). The van der Waals surface area contributed by atoms with E-state index in [0.717, 1.165) is 36.1 Å². The Morgan fingerprint density at radius 2 is 0.867 bits per heavy atom. The zero-order valence-corrected chi connectivity index (χ0v) is 18.8. The van der Waals surface area contributed by atoms with Gasteiger partial charge in [-0.05, 0) is 42.8 Å². The Hall–Kier alpha value is -2.72. The first kappa shape index (κ1) is 22.0. The van der Waals surface area contributed by atoms with Crippen molar-refractivity contribution >= 4 is 8.80 Å². The molecule has 158 valence electrons. The van der Waals surface area contributed by atoms with Gasteiger partial charge < -0.3 is 13.3 Å². The number of hydrogen-bond donors (Lipinski definition) is 0. The molecule has 4 heteroatoms. The standard InChI is InChI=1S/C26H32O3Si/c1-2-3-4-5-6-16-23-30(27-24-17-10-7-11-18-24,28-25-19-12-8-13-20-25)29-26-21-14-9-15-22-26/h7-15,17-22H,2-6,16,23H2,1H3. The van der Waals surface area contributed by atoms with Crippen LogP contribution in [0.4, 0.5) is 0 Å². The van der Waals surface area contributed by atoms with Crippen LogP contribution in [0, 0.1) is 0 Å². The highest BCUT2D eigenvalue weighted by molar-refractivity contribution is 6.63. The van der Waals surface area contributed by atoms with E-state index in [4.69, 9.17) is 13.3 Å². The summed E-state index contributed by atoms with van der Waals surface area (Å²) in [5, 5.41) is 0. The van der Waals surface area contributed by atoms with Crippen LogP contribution >= 0.6 is 0 Å². The highest BCUT2D eigenvalue weighted by Crippen LogP contribution is 2.28. The van der Waals surface area contributed by atoms with Crippen molar-refractivity contribution in [1.82, 2.24) is 0 Å². The van der Waals surface area contributed by atoms with Gasteiger partial charge in [0.05, 0.1) is 6.04 Å². The lowest BCUT2D eigenvalue weighted by molar-refractivity contribution is 0.258. The summed E-state index contributed by atoms with van der Waals surface area (Å²) in [6.07, 6.45) is 7.24. The van der Waals surface area contributed by atoms with E-state index in [9.17, 15) is 0 Å². The normalized spacial score (nSPS) is 11.1. The topological polar surface area (TPSA) is 27.7 Å². The molecule has 0 aromatic heterocycles. The van der Waals surface area contributed by atoms with Gasteiger partial charge >= 0.3 is 8.80 Å². The molecule has 0 aliphatic rings. The summed E-state index contributed by atoms with van der Waals surface area (Å²) in [6, 6.07) is 30.4. The molecule has 0 atom stereocenters. The quantitative estimate of drug-likeness (QED) is 0.211. The first-order chi connectivity index (χ1) is 14.8. The molecule has 0 spiro atoms. The van der Waals surface area contributed by atoms with Crippen molar-refractivity contribution in [3.05, 3.63) is 91.0 Å². The first-order valence-electron chi connectivity index (χ1n) is 11.0. The minimum Gasteiger partial charge on any atom is -0.483 e. The monoisotopic (exact) mass is 420 g/mol. The van der Waals surface area contributed by atoms with E-state index in [1.54, 1.807) is 0 Å². The third-order valence-electron chi connectivity index (χ3n) is 4.89. The van der Waals surface area contributed by atoms with Crippen LogP contribution in [0.5, 0.6) is 17.2 Å². The van der Waals surface area contributed by atoms with Crippen LogP contribution in [-0.4, -0.2) is 8.80 Å². The molecule has 3 nitrogen and oxygen atoms in total. The Morgan fingerprint density at radius 3 is 1.27 bits per heavy atom. The average molecular weight is 421 g/mol. The van der Waals surface area contributed by atoms with Crippen molar-refractivity contribution in [2.24, 2.45) is 0 Å². The predicted octanol–water partition coefficient (Wildman–Crippen LogP) is 7.52. The molecule has 0 bridgehead atoms. The van der Waals surface area contributed by atoms with Gasteiger partial charge in [-0.25, -0.2) is 0 Å². The highest BCUT2D eigenvalue weighted by atomic mass is 28.4. The zero-order chi connectivity index (χ0) is 20.9. The lowest BCUT2D eigenvalue weighted by Crippen LogP contribution is -2.54. The molecular formula is C26H32O3Si. The van der Waals surface area contributed by atoms with Gasteiger partial charge in [0.15, 0.2) is 0 Å².